The predicted molar refractivity (Wildman–Crippen MR) is 96.7 cm³/mol. The molecule has 0 aromatic carbocycles. The Morgan fingerprint density at radius 3 is 2.57 bits per heavy atom. The van der Waals surface area contributed by atoms with Crippen molar-refractivity contribution >= 4 is 5.91 Å². The minimum Gasteiger partial charge on any atom is -0.369 e. The third kappa shape index (κ3) is 4.15. The van der Waals surface area contributed by atoms with E-state index in [1.165, 1.54) is 24.1 Å². The Balaban J connectivity index is 2.10. The van der Waals surface area contributed by atoms with Crippen LogP contribution in [0.3, 0.4) is 0 Å². The lowest BCUT2D eigenvalue weighted by molar-refractivity contribution is -0.123. The monoisotopic (exact) mass is 314 g/mol. The number of carbonyl (C=O) groups excluding carboxylic acids is 1. The number of hydrogen-bond donors (Lipinski definition) is 1. The fraction of sp³-hybridized carbons (Fsp3) is 0.550. The average Bonchev–Trinajstić information content (AvgIpc) is 3.15. The lowest BCUT2D eigenvalue weighted by Crippen LogP contribution is -2.32. The van der Waals surface area contributed by atoms with Crippen LogP contribution in [0.1, 0.15) is 53.4 Å². The van der Waals surface area contributed by atoms with Crippen molar-refractivity contribution in [1.82, 2.24) is 10.2 Å². The number of likely N-dealkylation sites (tertiary alicyclic amines) is 1. The molecule has 3 heteroatoms. The molecule has 2 rings (SSSR count). The van der Waals surface area contributed by atoms with Gasteiger partial charge in [-0.2, -0.15) is 0 Å². The Hall–Kier alpha value is -1.77. The van der Waals surface area contributed by atoms with Crippen LogP contribution in [0, 0.1) is 5.92 Å². The molecule has 1 N–H and O–H groups in total. The van der Waals surface area contributed by atoms with Gasteiger partial charge < -0.3 is 10.2 Å². The summed E-state index contributed by atoms with van der Waals surface area (Å²) in [5, 5.41) is 2.89. The van der Waals surface area contributed by atoms with E-state index in [9.17, 15) is 4.79 Å². The van der Waals surface area contributed by atoms with Crippen molar-refractivity contribution < 1.29 is 4.79 Å². The Labute approximate surface area is 140 Å². The molecule has 0 bridgehead atoms. The van der Waals surface area contributed by atoms with Crippen molar-refractivity contribution in [2.75, 3.05) is 6.54 Å². The SMILES string of the molecule is C=C(C)NC(=O)C1CN(/C(C)=C/C=C(\C=C/C)CC)C2(CC2)C1. The molecule has 2 aliphatic rings. The van der Waals surface area contributed by atoms with Gasteiger partial charge in [0.05, 0.1) is 5.92 Å². The summed E-state index contributed by atoms with van der Waals surface area (Å²) in [4.78, 5) is 14.8. The summed E-state index contributed by atoms with van der Waals surface area (Å²) in [6.07, 6.45) is 13.0. The zero-order valence-electron chi connectivity index (χ0n) is 15.0. The molecule has 1 atom stereocenters. The molecule has 1 saturated heterocycles. The highest BCUT2D eigenvalue weighted by Gasteiger charge is 2.55. The van der Waals surface area contributed by atoms with Gasteiger partial charge in [-0.05, 0) is 58.1 Å². The highest BCUT2D eigenvalue weighted by Crippen LogP contribution is 2.53. The lowest BCUT2D eigenvalue weighted by Gasteiger charge is -2.27. The van der Waals surface area contributed by atoms with Gasteiger partial charge in [-0.1, -0.05) is 31.7 Å². The van der Waals surface area contributed by atoms with Crippen LogP contribution in [-0.2, 0) is 4.79 Å². The van der Waals surface area contributed by atoms with Crippen LogP contribution in [0.5, 0.6) is 0 Å². The lowest BCUT2D eigenvalue weighted by atomic mass is 10.0. The molecule has 0 aromatic rings. The summed E-state index contributed by atoms with van der Waals surface area (Å²) in [5.74, 6) is 0.195. The number of allylic oxidation sites excluding steroid dienone is 7. The van der Waals surface area contributed by atoms with Crippen LogP contribution in [0.2, 0.25) is 0 Å². The minimum atomic E-state index is 0.0720. The molecule has 1 amide bonds. The summed E-state index contributed by atoms with van der Waals surface area (Å²) in [6, 6.07) is 0. The van der Waals surface area contributed by atoms with E-state index in [0.717, 1.165) is 25.1 Å². The summed E-state index contributed by atoms with van der Waals surface area (Å²) in [5.41, 5.74) is 3.56. The van der Waals surface area contributed by atoms with Crippen LogP contribution >= 0.6 is 0 Å². The van der Waals surface area contributed by atoms with Crippen LogP contribution in [0.15, 0.2) is 47.9 Å². The summed E-state index contributed by atoms with van der Waals surface area (Å²) in [7, 11) is 0. The van der Waals surface area contributed by atoms with Crippen molar-refractivity contribution in [3.05, 3.63) is 47.9 Å². The van der Waals surface area contributed by atoms with Crippen LogP contribution in [0.25, 0.3) is 0 Å². The highest BCUT2D eigenvalue weighted by molar-refractivity contribution is 5.81. The van der Waals surface area contributed by atoms with Crippen molar-refractivity contribution in [2.24, 2.45) is 5.92 Å². The first-order valence-electron chi connectivity index (χ1n) is 8.66. The largest absolute Gasteiger partial charge is 0.369 e. The Kier molecular flexibility index (Phi) is 5.51. The fourth-order valence-corrected chi connectivity index (χ4v) is 3.49. The molecule has 1 aliphatic carbocycles. The van der Waals surface area contributed by atoms with E-state index in [1.807, 2.05) is 13.8 Å². The molecule has 126 valence electrons. The third-order valence-electron chi connectivity index (χ3n) is 4.89. The molecular weight excluding hydrogens is 284 g/mol. The van der Waals surface area contributed by atoms with Crippen molar-refractivity contribution in [3.63, 3.8) is 0 Å². The minimum absolute atomic E-state index is 0.0720. The third-order valence-corrected chi connectivity index (χ3v) is 4.89. The number of carbonyl (C=O) groups is 1. The van der Waals surface area contributed by atoms with Gasteiger partial charge in [-0.25, -0.2) is 0 Å². The van der Waals surface area contributed by atoms with Gasteiger partial charge in [0, 0.05) is 23.5 Å². The van der Waals surface area contributed by atoms with Crippen molar-refractivity contribution in [3.8, 4) is 0 Å². The Bertz CT molecular complexity index is 564. The molecule has 1 aliphatic heterocycles. The van der Waals surface area contributed by atoms with Gasteiger partial charge in [0.15, 0.2) is 0 Å². The molecule has 3 nitrogen and oxygen atoms in total. The first kappa shape index (κ1) is 17.6. The normalized spacial score (nSPS) is 23.7. The van der Waals surface area contributed by atoms with Gasteiger partial charge in [0.25, 0.3) is 0 Å². The molecule has 2 fully saturated rings. The number of nitrogens with zero attached hydrogens (tertiary/aromatic N) is 1. The van der Waals surface area contributed by atoms with Gasteiger partial charge in [-0.3, -0.25) is 4.79 Å². The highest BCUT2D eigenvalue weighted by atomic mass is 16.2. The molecule has 1 saturated carbocycles. The molecule has 1 heterocycles. The van der Waals surface area contributed by atoms with E-state index < -0.39 is 0 Å². The summed E-state index contributed by atoms with van der Waals surface area (Å²) in [6.45, 7) is 12.8. The van der Waals surface area contributed by atoms with Crippen LogP contribution in [-0.4, -0.2) is 22.9 Å². The molecule has 23 heavy (non-hydrogen) atoms. The maximum Gasteiger partial charge on any atom is 0.229 e. The molecule has 1 spiro atoms. The van der Waals surface area contributed by atoms with Gasteiger partial charge in [-0.15, -0.1) is 0 Å². The van der Waals surface area contributed by atoms with Crippen molar-refractivity contribution in [2.45, 2.75) is 58.9 Å². The smallest absolute Gasteiger partial charge is 0.229 e. The van der Waals surface area contributed by atoms with E-state index in [4.69, 9.17) is 0 Å². The zero-order chi connectivity index (χ0) is 17.0. The second-order valence-corrected chi connectivity index (χ2v) is 6.91. The summed E-state index contributed by atoms with van der Waals surface area (Å²) < 4.78 is 0. The van der Waals surface area contributed by atoms with E-state index in [1.54, 1.807) is 0 Å². The molecular formula is C20H30N2O. The van der Waals surface area contributed by atoms with E-state index >= 15 is 0 Å². The van der Waals surface area contributed by atoms with Crippen molar-refractivity contribution in [1.29, 1.82) is 0 Å². The quantitative estimate of drug-likeness (QED) is 0.741. The fourth-order valence-electron chi connectivity index (χ4n) is 3.49. The number of amides is 1. The maximum atomic E-state index is 12.3. The van der Waals surface area contributed by atoms with Crippen LogP contribution in [0.4, 0.5) is 0 Å². The average molecular weight is 314 g/mol. The first-order valence-corrected chi connectivity index (χ1v) is 8.66. The van der Waals surface area contributed by atoms with Gasteiger partial charge >= 0.3 is 0 Å². The van der Waals surface area contributed by atoms with E-state index in [-0.39, 0.29) is 17.4 Å². The van der Waals surface area contributed by atoms with E-state index in [2.05, 4.69) is 54.9 Å². The van der Waals surface area contributed by atoms with E-state index in [0.29, 0.717) is 0 Å². The molecule has 0 aromatic heterocycles. The topological polar surface area (TPSA) is 32.3 Å². The number of hydrogen-bond acceptors (Lipinski definition) is 2. The Morgan fingerprint density at radius 1 is 1.35 bits per heavy atom. The zero-order valence-corrected chi connectivity index (χ0v) is 15.0. The number of nitrogens with one attached hydrogen (secondary N) is 1. The standard InChI is InChI=1S/C20H30N2O/c1-6-8-17(7-2)10-9-16(5)22-14-18(13-20(22)11-12-20)19(23)21-15(3)4/h6,8-10,18H,3,7,11-14H2,1-2,4-5H3,(H,21,23)/b8-6-,16-9+,17-10-. The van der Waals surface area contributed by atoms with Crippen LogP contribution < -0.4 is 5.32 Å². The Morgan fingerprint density at radius 2 is 2.04 bits per heavy atom. The predicted octanol–water partition coefficient (Wildman–Crippen LogP) is 4.31. The second-order valence-electron chi connectivity index (χ2n) is 6.91. The van der Waals surface area contributed by atoms with Gasteiger partial charge in [0.1, 0.15) is 0 Å². The summed E-state index contributed by atoms with van der Waals surface area (Å²) >= 11 is 0. The molecule has 1 unspecified atom stereocenters. The number of rotatable bonds is 6. The maximum absolute atomic E-state index is 12.3. The second kappa shape index (κ2) is 7.20. The van der Waals surface area contributed by atoms with Gasteiger partial charge in [0.2, 0.25) is 5.91 Å². The molecule has 0 radical (unpaired) electrons. The first-order chi connectivity index (χ1) is 10.9.